The Hall–Kier alpha value is -4.18. The van der Waals surface area contributed by atoms with Crippen LogP contribution >= 0.6 is 0 Å². The summed E-state index contributed by atoms with van der Waals surface area (Å²) in [5.41, 5.74) is 3.83. The topological polar surface area (TPSA) is 114 Å². The highest BCUT2D eigenvalue weighted by Gasteiger charge is 2.22. The first-order chi connectivity index (χ1) is 16.9. The number of fused-ring (bicyclic) bond motifs is 1. The normalized spacial score (nSPS) is 13.7. The Labute approximate surface area is 201 Å². The van der Waals surface area contributed by atoms with Crippen molar-refractivity contribution in [3.63, 3.8) is 0 Å². The minimum atomic E-state index is -0.298. The van der Waals surface area contributed by atoms with Crippen LogP contribution in [0.5, 0.6) is 5.75 Å². The Bertz CT molecular complexity index is 1470. The Balaban J connectivity index is 1.56. The van der Waals surface area contributed by atoms with Gasteiger partial charge in [0.2, 0.25) is 5.56 Å². The number of benzene rings is 1. The summed E-state index contributed by atoms with van der Waals surface area (Å²) in [6.45, 7) is 4.30. The van der Waals surface area contributed by atoms with Crippen molar-refractivity contribution in [2.24, 2.45) is 7.05 Å². The van der Waals surface area contributed by atoms with Crippen molar-refractivity contribution in [1.29, 1.82) is 0 Å². The van der Waals surface area contributed by atoms with Gasteiger partial charge in [0, 0.05) is 66.9 Å². The molecule has 5 rings (SSSR count). The zero-order valence-electron chi connectivity index (χ0n) is 19.8. The summed E-state index contributed by atoms with van der Waals surface area (Å²) in [4.78, 5) is 35.1. The molecular weight excluding hydrogens is 448 g/mol. The Morgan fingerprint density at radius 2 is 1.94 bits per heavy atom. The van der Waals surface area contributed by atoms with Crippen molar-refractivity contribution in [1.82, 2.24) is 19.7 Å². The number of methoxy groups -OCH3 is 1. The number of nitrogens with one attached hydrogen (secondary N) is 2. The quantitative estimate of drug-likeness (QED) is 0.457. The predicted molar refractivity (Wildman–Crippen MR) is 133 cm³/mol. The van der Waals surface area contributed by atoms with Gasteiger partial charge in [-0.25, -0.2) is 4.98 Å². The first-order valence-corrected chi connectivity index (χ1v) is 11.3. The average molecular weight is 475 g/mol. The molecule has 0 saturated carbocycles. The maximum absolute atomic E-state index is 13.6. The van der Waals surface area contributed by atoms with E-state index in [1.165, 1.54) is 13.2 Å². The second kappa shape index (κ2) is 9.22. The molecule has 1 aromatic carbocycles. The SMILES string of the molecule is COc1cc(NC(=O)c2cc(-c3cnn(C)c3)cnc2N2CCOCC2)cc2c(C)cc(=O)[nH]c12. The smallest absolute Gasteiger partial charge is 0.259 e. The molecule has 0 spiro atoms. The fourth-order valence-electron chi connectivity index (χ4n) is 4.30. The second-order valence-electron chi connectivity index (χ2n) is 8.47. The van der Waals surface area contributed by atoms with Gasteiger partial charge in [0.05, 0.1) is 37.6 Å². The zero-order valence-corrected chi connectivity index (χ0v) is 19.8. The summed E-state index contributed by atoms with van der Waals surface area (Å²) in [5.74, 6) is 0.772. The Morgan fingerprint density at radius 1 is 1.14 bits per heavy atom. The number of hydrogen-bond donors (Lipinski definition) is 2. The third kappa shape index (κ3) is 4.47. The number of anilines is 2. The van der Waals surface area contributed by atoms with E-state index in [2.05, 4.69) is 25.3 Å². The third-order valence-electron chi connectivity index (χ3n) is 6.06. The number of aromatic amines is 1. The van der Waals surface area contributed by atoms with Crippen LogP contribution in [0.4, 0.5) is 11.5 Å². The van der Waals surface area contributed by atoms with Crippen LogP contribution in [-0.2, 0) is 11.8 Å². The van der Waals surface area contributed by atoms with Gasteiger partial charge in [0.15, 0.2) is 0 Å². The first kappa shape index (κ1) is 22.6. The van der Waals surface area contributed by atoms with Gasteiger partial charge < -0.3 is 24.7 Å². The molecule has 35 heavy (non-hydrogen) atoms. The van der Waals surface area contributed by atoms with Gasteiger partial charge in [-0.1, -0.05) is 0 Å². The summed E-state index contributed by atoms with van der Waals surface area (Å²) in [7, 11) is 3.37. The van der Waals surface area contributed by atoms with Gasteiger partial charge in [-0.15, -0.1) is 0 Å². The van der Waals surface area contributed by atoms with E-state index in [0.29, 0.717) is 54.6 Å². The number of morpholine rings is 1. The van der Waals surface area contributed by atoms with Gasteiger partial charge in [-0.3, -0.25) is 14.3 Å². The van der Waals surface area contributed by atoms with E-state index < -0.39 is 0 Å². The number of nitrogens with zero attached hydrogens (tertiary/aromatic N) is 4. The van der Waals surface area contributed by atoms with Crippen LogP contribution in [0.1, 0.15) is 15.9 Å². The Kier molecular flexibility index (Phi) is 5.96. The molecule has 0 bridgehead atoms. The van der Waals surface area contributed by atoms with Gasteiger partial charge in [0.25, 0.3) is 5.91 Å². The molecule has 0 radical (unpaired) electrons. The largest absolute Gasteiger partial charge is 0.494 e. The predicted octanol–water partition coefficient (Wildman–Crippen LogP) is 2.73. The zero-order chi connectivity index (χ0) is 24.5. The lowest BCUT2D eigenvalue weighted by atomic mass is 10.1. The van der Waals surface area contributed by atoms with Gasteiger partial charge in [-0.05, 0) is 24.6 Å². The van der Waals surface area contributed by atoms with Crippen molar-refractivity contribution in [3.8, 4) is 16.9 Å². The highest BCUT2D eigenvalue weighted by Crippen LogP contribution is 2.31. The molecule has 1 aliphatic heterocycles. The summed E-state index contributed by atoms with van der Waals surface area (Å²) in [6.07, 6.45) is 5.38. The molecule has 0 atom stereocenters. The molecule has 4 aromatic rings. The number of aryl methyl sites for hydroxylation is 2. The highest BCUT2D eigenvalue weighted by molar-refractivity contribution is 6.09. The summed E-state index contributed by atoms with van der Waals surface area (Å²) in [6, 6.07) is 6.88. The number of carbonyl (C=O) groups excluding carboxylic acids is 1. The summed E-state index contributed by atoms with van der Waals surface area (Å²) >= 11 is 0. The maximum Gasteiger partial charge on any atom is 0.259 e. The number of pyridine rings is 2. The summed E-state index contributed by atoms with van der Waals surface area (Å²) in [5, 5.41) is 8.02. The first-order valence-electron chi connectivity index (χ1n) is 11.3. The monoisotopic (exact) mass is 474 g/mol. The minimum absolute atomic E-state index is 0.210. The molecule has 180 valence electrons. The molecule has 4 heterocycles. The van der Waals surface area contributed by atoms with Crippen LogP contribution in [0.3, 0.4) is 0 Å². The van der Waals surface area contributed by atoms with Crippen molar-refractivity contribution in [2.75, 3.05) is 43.6 Å². The van der Waals surface area contributed by atoms with Crippen molar-refractivity contribution >= 4 is 28.3 Å². The number of ether oxygens (including phenoxy) is 2. The van der Waals surface area contributed by atoms with Crippen molar-refractivity contribution in [2.45, 2.75) is 6.92 Å². The van der Waals surface area contributed by atoms with Crippen LogP contribution in [0.15, 0.2) is 47.7 Å². The van der Waals surface area contributed by atoms with Crippen LogP contribution in [0.2, 0.25) is 0 Å². The number of hydrogen-bond acceptors (Lipinski definition) is 7. The molecule has 10 nitrogen and oxygen atoms in total. The van der Waals surface area contributed by atoms with E-state index in [1.807, 2.05) is 32.3 Å². The van der Waals surface area contributed by atoms with E-state index in [9.17, 15) is 9.59 Å². The van der Waals surface area contributed by atoms with Crippen molar-refractivity contribution in [3.05, 3.63) is 64.3 Å². The average Bonchev–Trinajstić information content (AvgIpc) is 3.30. The molecule has 3 aromatic heterocycles. The molecule has 2 N–H and O–H groups in total. The fraction of sp³-hybridized carbons (Fsp3) is 0.280. The van der Waals surface area contributed by atoms with Crippen LogP contribution < -0.4 is 20.5 Å². The lowest BCUT2D eigenvalue weighted by Crippen LogP contribution is -2.38. The number of aromatic nitrogens is 4. The second-order valence-corrected chi connectivity index (χ2v) is 8.47. The number of rotatable bonds is 5. The van der Waals surface area contributed by atoms with E-state index in [-0.39, 0.29) is 11.5 Å². The van der Waals surface area contributed by atoms with Crippen LogP contribution in [-0.4, -0.2) is 59.1 Å². The molecule has 1 saturated heterocycles. The van der Waals surface area contributed by atoms with Crippen LogP contribution in [0.25, 0.3) is 22.0 Å². The van der Waals surface area contributed by atoms with Crippen molar-refractivity contribution < 1.29 is 14.3 Å². The summed E-state index contributed by atoms with van der Waals surface area (Å²) < 4.78 is 12.7. The number of H-pyrrole nitrogens is 1. The molecular formula is C25H26N6O4. The van der Waals surface area contributed by atoms with E-state index in [0.717, 1.165) is 22.1 Å². The highest BCUT2D eigenvalue weighted by atomic mass is 16.5. The van der Waals surface area contributed by atoms with Crippen LogP contribution in [0, 0.1) is 6.92 Å². The molecule has 1 aliphatic rings. The minimum Gasteiger partial charge on any atom is -0.494 e. The lowest BCUT2D eigenvalue weighted by molar-refractivity contribution is 0.102. The molecule has 0 unspecified atom stereocenters. The molecule has 1 amide bonds. The standard InChI is InChI=1S/C25H26N6O4/c1-15-8-22(32)29-23-19(15)10-18(11-21(23)34-3)28-25(33)20-9-16(17-13-27-30(2)14-17)12-26-24(20)31-4-6-35-7-5-31/h8-14H,4-7H2,1-3H3,(H,28,33)(H,29,32). The van der Waals surface area contributed by atoms with Gasteiger partial charge >= 0.3 is 0 Å². The molecule has 10 heteroatoms. The van der Waals surface area contributed by atoms with E-state index in [4.69, 9.17) is 9.47 Å². The van der Waals surface area contributed by atoms with Gasteiger partial charge in [0.1, 0.15) is 11.6 Å². The number of amides is 1. The molecule has 1 fully saturated rings. The van der Waals surface area contributed by atoms with E-state index >= 15 is 0 Å². The maximum atomic E-state index is 13.6. The third-order valence-corrected chi connectivity index (χ3v) is 6.06. The van der Waals surface area contributed by atoms with Gasteiger partial charge in [-0.2, -0.15) is 5.10 Å². The fourth-order valence-corrected chi connectivity index (χ4v) is 4.30. The van der Waals surface area contributed by atoms with E-state index in [1.54, 1.807) is 23.1 Å². The molecule has 0 aliphatic carbocycles. The Morgan fingerprint density at radius 3 is 2.66 bits per heavy atom. The number of carbonyl (C=O) groups is 1. The lowest BCUT2D eigenvalue weighted by Gasteiger charge is -2.29.